The van der Waals surface area contributed by atoms with Crippen LogP contribution in [0.5, 0.6) is 0 Å². The number of carboxylic acid groups (broad SMARTS) is 1. The third-order valence-corrected chi connectivity index (χ3v) is 4.05. The highest BCUT2D eigenvalue weighted by Gasteiger charge is 2.60. The van der Waals surface area contributed by atoms with E-state index >= 15 is 0 Å². The van der Waals surface area contributed by atoms with Crippen molar-refractivity contribution in [2.45, 2.75) is 44.7 Å². The van der Waals surface area contributed by atoms with Crippen molar-refractivity contribution in [1.29, 1.82) is 0 Å². The third kappa shape index (κ3) is 3.15. The number of carbonyl (C=O) groups excluding carboxylic acids is 1. The van der Waals surface area contributed by atoms with Crippen molar-refractivity contribution in [3.05, 3.63) is 42.0 Å². The lowest BCUT2D eigenvalue weighted by Crippen LogP contribution is -2.57. The van der Waals surface area contributed by atoms with Gasteiger partial charge in [0.1, 0.15) is 11.5 Å². The van der Waals surface area contributed by atoms with Crippen LogP contribution in [-0.4, -0.2) is 46.2 Å². The van der Waals surface area contributed by atoms with E-state index in [1.807, 2.05) is 37.3 Å². The second-order valence-corrected chi connectivity index (χ2v) is 5.86. The van der Waals surface area contributed by atoms with Gasteiger partial charge in [0, 0.05) is 13.0 Å². The Labute approximate surface area is 135 Å². The number of hydrogen-bond acceptors (Lipinski definition) is 4. The molecule has 6 nitrogen and oxygen atoms in total. The van der Waals surface area contributed by atoms with Crippen molar-refractivity contribution in [1.82, 2.24) is 4.90 Å². The van der Waals surface area contributed by atoms with Crippen molar-refractivity contribution in [2.75, 3.05) is 6.61 Å². The smallest absolute Gasteiger partial charge is 0.410 e. The van der Waals surface area contributed by atoms with Crippen LogP contribution in [0.25, 0.3) is 0 Å². The van der Waals surface area contributed by atoms with Crippen LogP contribution in [0, 0.1) is 0 Å². The molecule has 1 aliphatic rings. The standard InChI is InChI=1S/C17H21NO5/c1-4-22-14-16(2,12-13-8-6-5-7-9-13)18(15(20)21)17(3,23-14)10-11-19/h5-10,14H,4,12H2,1-3H3,(H,20,21). The van der Waals surface area contributed by atoms with Gasteiger partial charge in [-0.25, -0.2) is 9.59 Å². The zero-order chi connectivity index (χ0) is 17.1. The van der Waals surface area contributed by atoms with Gasteiger partial charge in [-0.15, -0.1) is 0 Å². The molecule has 0 aromatic heterocycles. The van der Waals surface area contributed by atoms with Gasteiger partial charge in [0.15, 0.2) is 12.0 Å². The zero-order valence-electron chi connectivity index (χ0n) is 13.5. The van der Waals surface area contributed by atoms with Crippen LogP contribution in [0.2, 0.25) is 0 Å². The quantitative estimate of drug-likeness (QED) is 0.844. The molecule has 3 unspecified atom stereocenters. The molecule has 1 heterocycles. The van der Waals surface area contributed by atoms with Gasteiger partial charge in [-0.3, -0.25) is 4.90 Å². The van der Waals surface area contributed by atoms with Crippen LogP contribution in [-0.2, 0) is 20.7 Å². The minimum Gasteiger partial charge on any atom is -0.465 e. The van der Waals surface area contributed by atoms with Crippen molar-refractivity contribution >= 4 is 12.0 Å². The average Bonchev–Trinajstić information content (AvgIpc) is 2.68. The Hall–Kier alpha value is -2.14. The molecule has 1 aromatic rings. The van der Waals surface area contributed by atoms with Crippen LogP contribution < -0.4 is 0 Å². The largest absolute Gasteiger partial charge is 0.465 e. The highest BCUT2D eigenvalue weighted by molar-refractivity contribution is 5.69. The average molecular weight is 319 g/mol. The van der Waals surface area contributed by atoms with Gasteiger partial charge in [-0.05, 0) is 26.3 Å². The third-order valence-electron chi connectivity index (χ3n) is 4.05. The molecule has 1 aromatic carbocycles. The summed E-state index contributed by atoms with van der Waals surface area (Å²) < 4.78 is 11.4. The van der Waals surface area contributed by atoms with Gasteiger partial charge in [0.05, 0.1) is 6.08 Å². The summed E-state index contributed by atoms with van der Waals surface area (Å²) in [7, 11) is 0. The molecule has 0 aliphatic carbocycles. The van der Waals surface area contributed by atoms with E-state index in [0.29, 0.717) is 13.0 Å². The first-order valence-electron chi connectivity index (χ1n) is 7.46. The number of nitrogens with zero attached hydrogens (tertiary/aromatic N) is 1. The molecule has 2 rings (SSSR count). The fraction of sp³-hybridized carbons (Fsp3) is 0.471. The SMILES string of the molecule is CCOC1OC(C)(C=C=O)N(C(=O)O)C1(C)Cc1ccccc1. The lowest BCUT2D eigenvalue weighted by atomic mass is 9.90. The van der Waals surface area contributed by atoms with Gasteiger partial charge < -0.3 is 14.6 Å². The highest BCUT2D eigenvalue weighted by atomic mass is 16.7. The van der Waals surface area contributed by atoms with Gasteiger partial charge >= 0.3 is 6.09 Å². The molecule has 1 amide bonds. The Morgan fingerprint density at radius 2 is 2.09 bits per heavy atom. The molecule has 0 saturated carbocycles. The predicted octanol–water partition coefficient (Wildman–Crippen LogP) is 2.46. The van der Waals surface area contributed by atoms with Crippen molar-refractivity contribution < 1.29 is 24.2 Å². The molecule has 0 bridgehead atoms. The monoisotopic (exact) mass is 319 g/mol. The van der Waals surface area contributed by atoms with Crippen molar-refractivity contribution in [3.63, 3.8) is 0 Å². The number of rotatable bonds is 5. The van der Waals surface area contributed by atoms with Crippen LogP contribution in [0.4, 0.5) is 4.79 Å². The minimum atomic E-state index is -1.42. The summed E-state index contributed by atoms with van der Waals surface area (Å²) in [5, 5.41) is 9.72. The topological polar surface area (TPSA) is 76.1 Å². The van der Waals surface area contributed by atoms with Crippen molar-refractivity contribution in [2.24, 2.45) is 0 Å². The number of benzene rings is 1. The molecule has 6 heteroatoms. The molecular weight excluding hydrogens is 298 g/mol. The Morgan fingerprint density at radius 3 is 2.61 bits per heavy atom. The van der Waals surface area contributed by atoms with Crippen molar-refractivity contribution in [3.8, 4) is 0 Å². The molecule has 0 radical (unpaired) electrons. The summed E-state index contributed by atoms with van der Waals surface area (Å²) in [5.74, 6) is 1.64. The fourth-order valence-electron chi connectivity index (χ4n) is 3.16. The highest BCUT2D eigenvalue weighted by Crippen LogP contribution is 2.43. The number of amides is 1. The predicted molar refractivity (Wildman–Crippen MR) is 83.6 cm³/mol. The second kappa shape index (κ2) is 6.54. The molecule has 1 saturated heterocycles. The lowest BCUT2D eigenvalue weighted by Gasteiger charge is -2.38. The van der Waals surface area contributed by atoms with Gasteiger partial charge in [-0.2, -0.15) is 0 Å². The number of ether oxygens (including phenoxy) is 2. The number of hydrogen-bond donors (Lipinski definition) is 1. The van der Waals surface area contributed by atoms with E-state index in [2.05, 4.69) is 0 Å². The van der Waals surface area contributed by atoms with E-state index < -0.39 is 23.6 Å². The van der Waals surface area contributed by atoms with Crippen LogP contribution in [0.1, 0.15) is 26.3 Å². The summed E-state index contributed by atoms with van der Waals surface area (Å²) >= 11 is 0. The van der Waals surface area contributed by atoms with E-state index in [1.54, 1.807) is 12.9 Å². The molecule has 23 heavy (non-hydrogen) atoms. The molecule has 1 N–H and O–H groups in total. The molecular formula is C17H21NO5. The van der Waals surface area contributed by atoms with Crippen LogP contribution in [0.15, 0.2) is 36.4 Å². The maximum atomic E-state index is 11.9. The maximum Gasteiger partial charge on any atom is 0.410 e. The Balaban J connectivity index is 2.49. The fourth-order valence-corrected chi connectivity index (χ4v) is 3.16. The van der Waals surface area contributed by atoms with E-state index in [9.17, 15) is 14.7 Å². The zero-order valence-corrected chi connectivity index (χ0v) is 13.5. The Morgan fingerprint density at radius 1 is 1.43 bits per heavy atom. The van der Waals surface area contributed by atoms with Gasteiger partial charge in [0.2, 0.25) is 0 Å². The summed E-state index contributed by atoms with van der Waals surface area (Å²) in [6, 6.07) is 9.50. The van der Waals surface area contributed by atoms with Gasteiger partial charge in [-0.1, -0.05) is 30.3 Å². The first-order valence-corrected chi connectivity index (χ1v) is 7.46. The molecule has 0 spiro atoms. The second-order valence-electron chi connectivity index (χ2n) is 5.86. The van der Waals surface area contributed by atoms with E-state index in [-0.39, 0.29) is 0 Å². The summed E-state index contributed by atoms with van der Waals surface area (Å²) in [4.78, 5) is 23.9. The maximum absolute atomic E-state index is 11.9. The molecule has 3 atom stereocenters. The Bertz CT molecular complexity index is 613. The van der Waals surface area contributed by atoms with E-state index in [1.165, 1.54) is 6.92 Å². The molecule has 1 aliphatic heterocycles. The number of carbonyl (C=O) groups is 1. The Kier molecular flexibility index (Phi) is 4.90. The summed E-state index contributed by atoms with van der Waals surface area (Å²) in [6.07, 6.45) is -0.505. The first kappa shape index (κ1) is 17.2. The first-order chi connectivity index (χ1) is 10.9. The van der Waals surface area contributed by atoms with Gasteiger partial charge in [0.25, 0.3) is 0 Å². The summed E-state index contributed by atoms with van der Waals surface area (Å²) in [5.41, 5.74) is -1.45. The van der Waals surface area contributed by atoms with E-state index in [4.69, 9.17) is 9.47 Å². The molecule has 1 fully saturated rings. The summed E-state index contributed by atoms with van der Waals surface area (Å²) in [6.45, 7) is 5.46. The normalized spacial score (nSPS) is 30.0. The van der Waals surface area contributed by atoms with Crippen LogP contribution >= 0.6 is 0 Å². The minimum absolute atomic E-state index is 0.364. The molecule has 124 valence electrons. The lowest BCUT2D eigenvalue weighted by molar-refractivity contribution is -0.165. The van der Waals surface area contributed by atoms with Crippen LogP contribution in [0.3, 0.4) is 0 Å². The van der Waals surface area contributed by atoms with E-state index in [0.717, 1.165) is 16.5 Å².